The van der Waals surface area contributed by atoms with E-state index < -0.39 is 6.61 Å². The molecule has 2 aliphatic heterocycles. The lowest BCUT2D eigenvalue weighted by atomic mass is 10.0. The zero-order valence-electron chi connectivity index (χ0n) is 18.1. The molecule has 0 unspecified atom stereocenters. The Morgan fingerprint density at radius 3 is 2.23 bits per heavy atom. The van der Waals surface area contributed by atoms with Crippen molar-refractivity contribution in [2.45, 2.75) is 32.0 Å². The van der Waals surface area contributed by atoms with Crippen molar-refractivity contribution in [1.29, 1.82) is 0 Å². The molecule has 7 heteroatoms. The number of benzene rings is 2. The second-order valence-corrected chi connectivity index (χ2v) is 8.27. The number of alkyl halides is 2. The number of anilines is 1. The van der Waals surface area contributed by atoms with Crippen LogP contribution >= 0.6 is 0 Å². The normalized spacial score (nSPS) is 20.8. The van der Waals surface area contributed by atoms with E-state index in [0.29, 0.717) is 6.04 Å². The maximum absolute atomic E-state index is 12.3. The molecule has 0 radical (unpaired) electrons. The Kier molecular flexibility index (Phi) is 7.25. The zero-order chi connectivity index (χ0) is 21.6. The molecule has 5 nitrogen and oxygen atoms in total. The first kappa shape index (κ1) is 21.8. The molecule has 4 rings (SSSR count). The van der Waals surface area contributed by atoms with Crippen LogP contribution in [0.1, 0.15) is 18.4 Å². The Labute approximate surface area is 183 Å². The first-order valence-electron chi connectivity index (χ1n) is 11.0. The predicted octanol–water partition coefficient (Wildman–Crippen LogP) is 4.08. The molecule has 0 aliphatic carbocycles. The van der Waals surface area contributed by atoms with Crippen LogP contribution in [0.15, 0.2) is 48.5 Å². The SMILES string of the molecule is COc1ccc(N2CCN([C@@H]3CCCN(Cc4ccc(OC(F)F)cc4)C3)CC2)cc1. The van der Waals surface area contributed by atoms with Gasteiger partial charge >= 0.3 is 6.61 Å². The smallest absolute Gasteiger partial charge is 0.387 e. The van der Waals surface area contributed by atoms with Crippen LogP contribution in [0.5, 0.6) is 11.5 Å². The van der Waals surface area contributed by atoms with Gasteiger partial charge in [-0.1, -0.05) is 12.1 Å². The first-order chi connectivity index (χ1) is 15.1. The summed E-state index contributed by atoms with van der Waals surface area (Å²) in [5, 5.41) is 0. The molecule has 0 saturated carbocycles. The standard InChI is InChI=1S/C24H31F2N3O2/c1-30-22-10-6-20(7-11-22)28-13-15-29(16-14-28)21-3-2-12-27(18-21)17-19-4-8-23(9-5-19)31-24(25)26/h4-11,21,24H,2-3,12-18H2,1H3/t21-/m1/s1. The molecule has 2 saturated heterocycles. The number of hydrogen-bond donors (Lipinski definition) is 0. The van der Waals surface area contributed by atoms with Gasteiger partial charge in [0.05, 0.1) is 7.11 Å². The second-order valence-electron chi connectivity index (χ2n) is 8.27. The van der Waals surface area contributed by atoms with Crippen LogP contribution in [-0.2, 0) is 6.54 Å². The summed E-state index contributed by atoms with van der Waals surface area (Å²) in [7, 11) is 1.69. The van der Waals surface area contributed by atoms with Crippen molar-refractivity contribution < 1.29 is 18.3 Å². The molecule has 2 fully saturated rings. The van der Waals surface area contributed by atoms with Crippen molar-refractivity contribution in [1.82, 2.24) is 9.80 Å². The molecule has 2 aromatic rings. The fraction of sp³-hybridized carbons (Fsp3) is 0.500. The maximum Gasteiger partial charge on any atom is 0.387 e. The molecular formula is C24H31F2N3O2. The predicted molar refractivity (Wildman–Crippen MR) is 118 cm³/mol. The maximum atomic E-state index is 12.3. The van der Waals surface area contributed by atoms with E-state index in [9.17, 15) is 8.78 Å². The van der Waals surface area contributed by atoms with Gasteiger partial charge in [0.15, 0.2) is 0 Å². The minimum Gasteiger partial charge on any atom is -0.497 e. The third-order valence-corrected chi connectivity index (χ3v) is 6.30. The number of likely N-dealkylation sites (tertiary alicyclic amines) is 1. The van der Waals surface area contributed by atoms with Gasteiger partial charge in [-0.3, -0.25) is 9.80 Å². The highest BCUT2D eigenvalue weighted by atomic mass is 19.3. The van der Waals surface area contributed by atoms with Gasteiger partial charge in [-0.15, -0.1) is 0 Å². The highest BCUT2D eigenvalue weighted by Gasteiger charge is 2.28. The van der Waals surface area contributed by atoms with E-state index in [2.05, 4.69) is 31.6 Å². The highest BCUT2D eigenvalue weighted by Crippen LogP contribution is 2.24. The highest BCUT2D eigenvalue weighted by molar-refractivity contribution is 5.49. The van der Waals surface area contributed by atoms with Crippen LogP contribution in [0.25, 0.3) is 0 Å². The van der Waals surface area contributed by atoms with E-state index in [1.54, 1.807) is 19.2 Å². The Hall–Kier alpha value is -2.38. The van der Waals surface area contributed by atoms with Gasteiger partial charge in [-0.25, -0.2) is 0 Å². The Bertz CT molecular complexity index is 809. The number of rotatable bonds is 7. The van der Waals surface area contributed by atoms with Crippen molar-refractivity contribution in [2.75, 3.05) is 51.3 Å². The summed E-state index contributed by atoms with van der Waals surface area (Å²) in [5.41, 5.74) is 2.39. The van der Waals surface area contributed by atoms with E-state index in [4.69, 9.17) is 4.74 Å². The van der Waals surface area contributed by atoms with Crippen LogP contribution in [0.4, 0.5) is 14.5 Å². The van der Waals surface area contributed by atoms with Gasteiger partial charge in [-0.05, 0) is 61.3 Å². The summed E-state index contributed by atoms with van der Waals surface area (Å²) in [6.45, 7) is 4.42. The van der Waals surface area contributed by atoms with E-state index >= 15 is 0 Å². The van der Waals surface area contributed by atoms with Crippen LogP contribution in [0, 0.1) is 0 Å². The summed E-state index contributed by atoms with van der Waals surface area (Å²) in [6, 6.07) is 15.9. The van der Waals surface area contributed by atoms with Crippen LogP contribution < -0.4 is 14.4 Å². The van der Waals surface area contributed by atoms with Crippen molar-refractivity contribution in [2.24, 2.45) is 0 Å². The average Bonchev–Trinajstić information content (AvgIpc) is 2.80. The molecule has 2 heterocycles. The minimum absolute atomic E-state index is 0.213. The molecule has 0 aromatic heterocycles. The first-order valence-corrected chi connectivity index (χ1v) is 11.0. The van der Waals surface area contributed by atoms with Crippen molar-refractivity contribution in [3.63, 3.8) is 0 Å². The molecule has 2 aromatic carbocycles. The number of piperidine rings is 1. The quantitative estimate of drug-likeness (QED) is 0.659. The summed E-state index contributed by atoms with van der Waals surface area (Å²) >= 11 is 0. The Morgan fingerprint density at radius 2 is 1.58 bits per heavy atom. The topological polar surface area (TPSA) is 28.2 Å². The van der Waals surface area contributed by atoms with Gasteiger partial charge in [0.2, 0.25) is 0 Å². The second kappa shape index (κ2) is 10.3. The number of halogens is 2. The average molecular weight is 432 g/mol. The van der Waals surface area contributed by atoms with E-state index in [0.717, 1.165) is 57.1 Å². The Morgan fingerprint density at radius 1 is 0.903 bits per heavy atom. The summed E-state index contributed by atoms with van der Waals surface area (Å²) < 4.78 is 34.3. The summed E-state index contributed by atoms with van der Waals surface area (Å²) in [5.74, 6) is 1.10. The molecule has 0 bridgehead atoms. The fourth-order valence-electron chi connectivity index (χ4n) is 4.65. The molecule has 0 amide bonds. The number of hydrogen-bond acceptors (Lipinski definition) is 5. The van der Waals surface area contributed by atoms with E-state index in [1.165, 1.54) is 18.5 Å². The number of ether oxygens (including phenoxy) is 2. The lowest BCUT2D eigenvalue weighted by Crippen LogP contribution is -2.55. The van der Waals surface area contributed by atoms with Gasteiger partial charge in [-0.2, -0.15) is 8.78 Å². The number of nitrogens with zero attached hydrogens (tertiary/aromatic N) is 3. The molecule has 1 atom stereocenters. The Balaban J connectivity index is 1.27. The minimum atomic E-state index is -2.78. The molecule has 168 valence electrons. The molecule has 0 N–H and O–H groups in total. The molecular weight excluding hydrogens is 400 g/mol. The monoisotopic (exact) mass is 431 g/mol. The zero-order valence-corrected chi connectivity index (χ0v) is 18.1. The third-order valence-electron chi connectivity index (χ3n) is 6.30. The van der Waals surface area contributed by atoms with Crippen LogP contribution in [-0.4, -0.2) is 68.8 Å². The van der Waals surface area contributed by atoms with Gasteiger partial charge < -0.3 is 14.4 Å². The van der Waals surface area contributed by atoms with Crippen LogP contribution in [0.2, 0.25) is 0 Å². The molecule has 31 heavy (non-hydrogen) atoms. The van der Waals surface area contributed by atoms with Gasteiger partial charge in [0.1, 0.15) is 11.5 Å². The van der Waals surface area contributed by atoms with E-state index in [1.807, 2.05) is 24.3 Å². The lowest BCUT2D eigenvalue weighted by Gasteiger charge is -2.44. The fourth-order valence-corrected chi connectivity index (χ4v) is 4.65. The van der Waals surface area contributed by atoms with Crippen molar-refractivity contribution >= 4 is 5.69 Å². The summed E-state index contributed by atoms with van der Waals surface area (Å²) in [4.78, 5) is 7.55. The number of piperazine rings is 1. The lowest BCUT2D eigenvalue weighted by molar-refractivity contribution is -0.0498. The van der Waals surface area contributed by atoms with E-state index in [-0.39, 0.29) is 5.75 Å². The van der Waals surface area contributed by atoms with Gasteiger partial charge in [0.25, 0.3) is 0 Å². The third kappa shape index (κ3) is 5.86. The summed E-state index contributed by atoms with van der Waals surface area (Å²) in [6.07, 6.45) is 2.43. The van der Waals surface area contributed by atoms with Crippen LogP contribution in [0.3, 0.4) is 0 Å². The van der Waals surface area contributed by atoms with Crippen molar-refractivity contribution in [3.05, 3.63) is 54.1 Å². The van der Waals surface area contributed by atoms with Gasteiger partial charge in [0, 0.05) is 51.0 Å². The molecule has 0 spiro atoms. The number of methoxy groups -OCH3 is 1. The molecule has 2 aliphatic rings. The largest absolute Gasteiger partial charge is 0.497 e. The van der Waals surface area contributed by atoms with Crippen molar-refractivity contribution in [3.8, 4) is 11.5 Å².